The van der Waals surface area contributed by atoms with Crippen molar-refractivity contribution in [3.8, 4) is 0 Å². The summed E-state index contributed by atoms with van der Waals surface area (Å²) in [4.78, 5) is 103. The maximum atomic E-state index is 11.6. The molecule has 3 aliphatic carbocycles. The zero-order valence-corrected chi connectivity index (χ0v) is 22.7. The molecule has 0 atom stereocenters. The van der Waals surface area contributed by atoms with Gasteiger partial charge in [-0.2, -0.15) is 0 Å². The molecule has 3 aromatic carbocycles. The summed E-state index contributed by atoms with van der Waals surface area (Å²) in [5, 5.41) is 26.2. The number of aliphatic hydroxyl groups excluding tert-OH is 3. The second-order valence-corrected chi connectivity index (χ2v) is 9.23. The van der Waals surface area contributed by atoms with Gasteiger partial charge in [-0.05, 0) is 0 Å². The topological polar surface area (TPSA) is 214 Å². The first-order valence-corrected chi connectivity index (χ1v) is 12.7. The average Bonchev–Trinajstić information content (AvgIpc) is 3.07. The Hall–Kier alpha value is -6.69. The second kappa shape index (κ2) is 12.7. The first-order chi connectivity index (χ1) is 21.5. The van der Waals surface area contributed by atoms with Crippen LogP contribution in [-0.2, 0) is 14.4 Å². The fourth-order valence-corrected chi connectivity index (χ4v) is 4.47. The largest absolute Gasteiger partial charge is 0.515 e. The highest BCUT2D eigenvalue weighted by Gasteiger charge is 2.37. The third-order valence-electron chi connectivity index (χ3n) is 6.72. The Balaban J connectivity index is 0.000000154. The molecule has 0 bridgehead atoms. The van der Waals surface area contributed by atoms with Gasteiger partial charge >= 0.3 is 0 Å². The summed E-state index contributed by atoms with van der Waals surface area (Å²) in [6, 6.07) is 18.1. The Morgan fingerprint density at radius 1 is 0.289 bits per heavy atom. The molecule has 3 N–H and O–H groups in total. The zero-order chi connectivity index (χ0) is 33.0. The van der Waals surface area contributed by atoms with E-state index in [9.17, 15) is 43.2 Å². The van der Waals surface area contributed by atoms with E-state index >= 15 is 0 Å². The van der Waals surface area contributed by atoms with E-state index in [0.29, 0.717) is 18.8 Å². The number of hydrogen-bond acceptors (Lipinski definition) is 12. The van der Waals surface area contributed by atoms with Crippen molar-refractivity contribution in [2.45, 2.75) is 0 Å². The molecule has 3 aliphatic rings. The van der Waals surface area contributed by atoms with Crippen LogP contribution in [0.3, 0.4) is 0 Å². The van der Waals surface area contributed by atoms with E-state index in [1.807, 2.05) is 0 Å². The SMILES string of the molecule is O=C1C(=O)c2ccccc2C(=O)/C1=C\O.O=C1C(=O)c2ccccc2C(=O)C1=CO.O=C1C(=O)c2ccccc2C(=O)C1=CO. The Labute approximate surface area is 252 Å². The Bertz CT molecular complexity index is 1760. The summed E-state index contributed by atoms with van der Waals surface area (Å²) >= 11 is 0. The summed E-state index contributed by atoms with van der Waals surface area (Å²) in [7, 11) is 0. The van der Waals surface area contributed by atoms with E-state index in [2.05, 4.69) is 0 Å². The van der Waals surface area contributed by atoms with Crippen molar-refractivity contribution in [3.63, 3.8) is 0 Å². The van der Waals surface area contributed by atoms with Crippen LogP contribution >= 0.6 is 0 Å². The molecule has 0 unspecified atom stereocenters. The standard InChI is InChI=1S/3C11H6O4/c3*12-5-8-9(13)6-3-1-2-4-7(6)10(14)11(8)15/h3*1-5,12H/b8-5+;;. The van der Waals surface area contributed by atoms with E-state index in [0.717, 1.165) is 0 Å². The first-order valence-electron chi connectivity index (χ1n) is 12.7. The maximum absolute atomic E-state index is 11.6. The number of benzene rings is 3. The second-order valence-electron chi connectivity index (χ2n) is 9.23. The molecule has 0 heterocycles. The van der Waals surface area contributed by atoms with Crippen LogP contribution in [0, 0.1) is 0 Å². The molecule has 45 heavy (non-hydrogen) atoms. The van der Waals surface area contributed by atoms with Gasteiger partial charge in [-0.3, -0.25) is 43.2 Å². The summed E-state index contributed by atoms with van der Waals surface area (Å²) in [5.41, 5.74) is -0.669. The molecule has 0 saturated carbocycles. The van der Waals surface area contributed by atoms with E-state index in [4.69, 9.17) is 15.3 Å². The third kappa shape index (κ3) is 5.46. The average molecular weight is 606 g/mol. The summed E-state index contributed by atoms with van der Waals surface area (Å²) in [6.45, 7) is 0. The van der Waals surface area contributed by atoms with Gasteiger partial charge in [0.15, 0.2) is 0 Å². The number of hydrogen-bond donors (Lipinski definition) is 3. The van der Waals surface area contributed by atoms with E-state index in [1.165, 1.54) is 36.4 Å². The van der Waals surface area contributed by atoms with Gasteiger partial charge < -0.3 is 15.3 Å². The number of carbonyl (C=O) groups is 9. The summed E-state index contributed by atoms with van der Waals surface area (Å²) in [5.74, 6) is -6.99. The highest BCUT2D eigenvalue weighted by atomic mass is 16.3. The highest BCUT2D eigenvalue weighted by Crippen LogP contribution is 2.24. The van der Waals surface area contributed by atoms with Crippen LogP contribution in [0.1, 0.15) is 62.1 Å². The van der Waals surface area contributed by atoms with E-state index in [-0.39, 0.29) is 33.4 Å². The fraction of sp³-hybridized carbons (Fsp3) is 0. The minimum absolute atomic E-state index is 0.0955. The number of carbonyl (C=O) groups excluding carboxylic acids is 9. The number of ketones is 9. The molecular formula is C33H18O12. The van der Waals surface area contributed by atoms with Crippen molar-refractivity contribution in [1.29, 1.82) is 0 Å². The van der Waals surface area contributed by atoms with Gasteiger partial charge in [0.2, 0.25) is 52.0 Å². The van der Waals surface area contributed by atoms with Crippen LogP contribution in [0.4, 0.5) is 0 Å². The highest BCUT2D eigenvalue weighted by molar-refractivity contribution is 6.60. The zero-order valence-electron chi connectivity index (χ0n) is 22.7. The lowest BCUT2D eigenvalue weighted by atomic mass is 9.85. The lowest BCUT2D eigenvalue weighted by Gasteiger charge is -2.13. The number of aliphatic hydroxyl groups is 3. The molecule has 0 fully saturated rings. The van der Waals surface area contributed by atoms with Crippen LogP contribution in [0.2, 0.25) is 0 Å². The number of rotatable bonds is 0. The molecule has 12 heteroatoms. The third-order valence-corrected chi connectivity index (χ3v) is 6.72. The van der Waals surface area contributed by atoms with Crippen molar-refractivity contribution in [1.82, 2.24) is 0 Å². The Kier molecular flexibility index (Phi) is 8.80. The van der Waals surface area contributed by atoms with Crippen LogP contribution in [0.15, 0.2) is 108 Å². The summed E-state index contributed by atoms with van der Waals surface area (Å²) < 4.78 is 0. The minimum atomic E-state index is -0.957. The van der Waals surface area contributed by atoms with E-state index < -0.39 is 68.8 Å². The first kappa shape index (κ1) is 31.3. The van der Waals surface area contributed by atoms with Crippen molar-refractivity contribution in [2.75, 3.05) is 0 Å². The van der Waals surface area contributed by atoms with Gasteiger partial charge in [0.1, 0.15) is 16.7 Å². The van der Waals surface area contributed by atoms with Crippen LogP contribution < -0.4 is 0 Å². The molecule has 0 saturated heterocycles. The molecule has 0 aliphatic heterocycles. The van der Waals surface area contributed by atoms with Gasteiger partial charge in [0.05, 0.1) is 18.8 Å². The lowest BCUT2D eigenvalue weighted by Crippen LogP contribution is -2.29. The molecule has 222 valence electrons. The molecule has 3 aromatic rings. The molecule has 0 amide bonds. The maximum Gasteiger partial charge on any atom is 0.240 e. The minimum Gasteiger partial charge on any atom is -0.515 e. The van der Waals surface area contributed by atoms with Gasteiger partial charge in [-0.15, -0.1) is 0 Å². The van der Waals surface area contributed by atoms with Gasteiger partial charge in [-0.1, -0.05) is 72.8 Å². The molecule has 0 spiro atoms. The van der Waals surface area contributed by atoms with Crippen molar-refractivity contribution in [2.24, 2.45) is 0 Å². The van der Waals surface area contributed by atoms with Crippen molar-refractivity contribution < 1.29 is 58.5 Å². The Morgan fingerprint density at radius 3 is 0.644 bits per heavy atom. The van der Waals surface area contributed by atoms with Gasteiger partial charge in [0, 0.05) is 33.4 Å². The normalized spacial score (nSPS) is 18.1. The monoisotopic (exact) mass is 606 g/mol. The quantitative estimate of drug-likeness (QED) is 0.146. The van der Waals surface area contributed by atoms with Gasteiger partial charge in [-0.25, -0.2) is 0 Å². The predicted molar refractivity (Wildman–Crippen MR) is 152 cm³/mol. The summed E-state index contributed by atoms with van der Waals surface area (Å²) in [6.07, 6.45) is 1.16. The fourth-order valence-electron chi connectivity index (χ4n) is 4.47. The van der Waals surface area contributed by atoms with Crippen molar-refractivity contribution >= 4 is 52.0 Å². The predicted octanol–water partition coefficient (Wildman–Crippen LogP) is 3.23. The number of Topliss-reactive ketones (excluding diaryl/α,β-unsaturated/α-hetero) is 9. The Morgan fingerprint density at radius 2 is 0.467 bits per heavy atom. The van der Waals surface area contributed by atoms with Crippen LogP contribution in [-0.4, -0.2) is 67.4 Å². The number of fused-ring (bicyclic) bond motifs is 3. The van der Waals surface area contributed by atoms with Gasteiger partial charge in [0.25, 0.3) is 0 Å². The van der Waals surface area contributed by atoms with Crippen LogP contribution in [0.5, 0.6) is 0 Å². The lowest BCUT2D eigenvalue weighted by molar-refractivity contribution is -0.112. The molecule has 0 radical (unpaired) electrons. The van der Waals surface area contributed by atoms with E-state index in [1.54, 1.807) is 36.4 Å². The molecule has 12 nitrogen and oxygen atoms in total. The molecule has 0 aromatic heterocycles. The van der Waals surface area contributed by atoms with Crippen molar-refractivity contribution in [3.05, 3.63) is 142 Å². The van der Waals surface area contributed by atoms with Crippen LogP contribution in [0.25, 0.3) is 0 Å². The smallest absolute Gasteiger partial charge is 0.240 e. The number of allylic oxidation sites excluding steroid dienone is 3. The molecule has 6 rings (SSSR count). The molecular weight excluding hydrogens is 588 g/mol.